The molecule has 1 aliphatic heterocycles. The first-order valence-corrected chi connectivity index (χ1v) is 7.57. The molecule has 1 aliphatic rings. The summed E-state index contributed by atoms with van der Waals surface area (Å²) >= 11 is 5.72. The number of hydrogen-bond acceptors (Lipinski definition) is 4. The Morgan fingerprint density at radius 1 is 1.48 bits per heavy atom. The fourth-order valence-corrected chi connectivity index (χ4v) is 2.64. The van der Waals surface area contributed by atoms with Gasteiger partial charge in [0.1, 0.15) is 11.9 Å². The summed E-state index contributed by atoms with van der Waals surface area (Å²) < 4.78 is 18.9. The zero-order valence-electron chi connectivity index (χ0n) is 12.1. The average Bonchev–Trinajstić information content (AvgIpc) is 2.72. The van der Waals surface area contributed by atoms with Gasteiger partial charge in [-0.05, 0) is 37.6 Å². The molecule has 0 spiro atoms. The van der Waals surface area contributed by atoms with Crippen LogP contribution in [0.1, 0.15) is 24.9 Å². The highest BCUT2D eigenvalue weighted by molar-refractivity contribution is 6.30. The first-order chi connectivity index (χ1) is 10.1. The lowest BCUT2D eigenvalue weighted by Gasteiger charge is -2.29. The van der Waals surface area contributed by atoms with Crippen molar-refractivity contribution in [2.45, 2.75) is 19.4 Å². The zero-order valence-corrected chi connectivity index (χ0v) is 12.8. The van der Waals surface area contributed by atoms with E-state index in [-0.39, 0.29) is 11.0 Å². The fourth-order valence-electron chi connectivity index (χ4n) is 2.52. The molecule has 0 bridgehead atoms. The summed E-state index contributed by atoms with van der Waals surface area (Å²) in [6.45, 7) is 5.26. The van der Waals surface area contributed by atoms with Crippen molar-refractivity contribution in [2.75, 3.05) is 32.8 Å². The minimum Gasteiger partial charge on any atom is -0.465 e. The van der Waals surface area contributed by atoms with Gasteiger partial charge in [-0.2, -0.15) is 0 Å². The molecule has 1 heterocycles. The number of carbonyl (C=O) groups is 1. The molecule has 1 N–H and O–H groups in total. The third kappa shape index (κ3) is 4.15. The Balaban J connectivity index is 2.29. The maximum atomic E-state index is 13.7. The molecule has 0 saturated carbocycles. The summed E-state index contributed by atoms with van der Waals surface area (Å²) in [6, 6.07) is 3.90. The molecule has 4 nitrogen and oxygen atoms in total. The molecule has 6 heteroatoms. The van der Waals surface area contributed by atoms with Gasteiger partial charge >= 0.3 is 5.97 Å². The number of rotatable bonds is 4. The Labute approximate surface area is 129 Å². The van der Waals surface area contributed by atoms with Gasteiger partial charge in [0, 0.05) is 19.6 Å². The first-order valence-electron chi connectivity index (χ1n) is 7.20. The predicted octanol–water partition coefficient (Wildman–Crippen LogP) is 2.38. The van der Waals surface area contributed by atoms with E-state index in [2.05, 4.69) is 5.32 Å². The van der Waals surface area contributed by atoms with E-state index in [9.17, 15) is 9.18 Å². The monoisotopic (exact) mass is 314 g/mol. The van der Waals surface area contributed by atoms with Gasteiger partial charge in [0.05, 0.1) is 11.6 Å². The summed E-state index contributed by atoms with van der Waals surface area (Å²) in [7, 11) is 0. The third-order valence-corrected chi connectivity index (χ3v) is 3.82. The molecule has 0 amide bonds. The van der Waals surface area contributed by atoms with Crippen LogP contribution in [0, 0.1) is 5.82 Å². The highest BCUT2D eigenvalue weighted by Crippen LogP contribution is 2.26. The minimum absolute atomic E-state index is 0.0545. The lowest BCUT2D eigenvalue weighted by Crippen LogP contribution is -2.37. The lowest BCUT2D eigenvalue weighted by molar-refractivity contribution is -0.149. The van der Waals surface area contributed by atoms with Crippen LogP contribution in [0.3, 0.4) is 0 Å². The predicted molar refractivity (Wildman–Crippen MR) is 79.8 cm³/mol. The third-order valence-electron chi connectivity index (χ3n) is 3.51. The summed E-state index contributed by atoms with van der Waals surface area (Å²) in [4.78, 5) is 14.3. The van der Waals surface area contributed by atoms with Crippen molar-refractivity contribution in [2.24, 2.45) is 0 Å². The van der Waals surface area contributed by atoms with Gasteiger partial charge in [0.2, 0.25) is 0 Å². The van der Waals surface area contributed by atoms with E-state index in [1.54, 1.807) is 13.0 Å². The largest absolute Gasteiger partial charge is 0.465 e. The number of halogens is 2. The molecule has 1 unspecified atom stereocenters. The number of hydrogen-bond donors (Lipinski definition) is 1. The number of carbonyl (C=O) groups excluding carboxylic acids is 1. The second-order valence-electron chi connectivity index (χ2n) is 4.97. The van der Waals surface area contributed by atoms with Crippen LogP contribution in [0.15, 0.2) is 18.2 Å². The average molecular weight is 315 g/mol. The summed E-state index contributed by atoms with van der Waals surface area (Å²) in [5, 5.41) is 3.34. The molecule has 1 aromatic carbocycles. The molecular formula is C15H20ClFN2O2. The molecule has 0 aromatic heterocycles. The quantitative estimate of drug-likeness (QED) is 0.866. The van der Waals surface area contributed by atoms with Gasteiger partial charge < -0.3 is 10.1 Å². The van der Waals surface area contributed by atoms with Crippen LogP contribution in [0.2, 0.25) is 5.02 Å². The zero-order chi connectivity index (χ0) is 15.2. The van der Waals surface area contributed by atoms with Gasteiger partial charge in [0.25, 0.3) is 0 Å². The standard InChI is InChI=1S/C15H20ClFN2O2/c1-2-21-15(20)14(19-8-3-6-18-7-9-19)11-4-5-12(16)13(17)10-11/h4-5,10,14,18H,2-3,6-9H2,1H3. The van der Waals surface area contributed by atoms with Crippen LogP contribution in [-0.4, -0.2) is 43.7 Å². The van der Waals surface area contributed by atoms with E-state index in [1.165, 1.54) is 12.1 Å². The highest BCUT2D eigenvalue weighted by atomic mass is 35.5. The molecule has 0 radical (unpaired) electrons. The first kappa shape index (κ1) is 16.2. The van der Waals surface area contributed by atoms with E-state index >= 15 is 0 Å². The number of ether oxygens (including phenoxy) is 1. The van der Waals surface area contributed by atoms with Gasteiger partial charge in [0.15, 0.2) is 0 Å². The fraction of sp³-hybridized carbons (Fsp3) is 0.533. The van der Waals surface area contributed by atoms with Gasteiger partial charge in [-0.25, -0.2) is 9.18 Å². The normalized spacial score (nSPS) is 18.0. The van der Waals surface area contributed by atoms with Crippen molar-refractivity contribution in [1.29, 1.82) is 0 Å². The smallest absolute Gasteiger partial charge is 0.328 e. The molecule has 21 heavy (non-hydrogen) atoms. The highest BCUT2D eigenvalue weighted by Gasteiger charge is 2.29. The Kier molecular flexibility index (Phi) is 5.96. The van der Waals surface area contributed by atoms with Crippen LogP contribution < -0.4 is 5.32 Å². The van der Waals surface area contributed by atoms with Crippen molar-refractivity contribution in [3.63, 3.8) is 0 Å². The Bertz CT molecular complexity index is 491. The lowest BCUT2D eigenvalue weighted by atomic mass is 10.0. The van der Waals surface area contributed by atoms with Crippen LogP contribution in [0.4, 0.5) is 4.39 Å². The molecule has 1 atom stereocenters. The Hall–Kier alpha value is -1.17. The number of nitrogens with zero attached hydrogens (tertiary/aromatic N) is 1. The van der Waals surface area contributed by atoms with E-state index in [0.717, 1.165) is 26.1 Å². The Morgan fingerprint density at radius 3 is 3.00 bits per heavy atom. The van der Waals surface area contributed by atoms with Crippen LogP contribution in [-0.2, 0) is 9.53 Å². The summed E-state index contributed by atoms with van der Waals surface area (Å²) in [6.07, 6.45) is 0.936. The van der Waals surface area contributed by atoms with Crippen LogP contribution in [0.25, 0.3) is 0 Å². The SMILES string of the molecule is CCOC(=O)C(c1ccc(Cl)c(F)c1)N1CCCNCC1. The summed E-state index contributed by atoms with van der Waals surface area (Å²) in [5.41, 5.74) is 0.581. The van der Waals surface area contributed by atoms with Crippen molar-refractivity contribution < 1.29 is 13.9 Å². The number of nitrogens with one attached hydrogen (secondary N) is 1. The van der Waals surface area contributed by atoms with Gasteiger partial charge in [-0.1, -0.05) is 17.7 Å². The molecular weight excluding hydrogens is 295 g/mol. The van der Waals surface area contributed by atoms with E-state index < -0.39 is 11.9 Å². The Morgan fingerprint density at radius 2 is 2.29 bits per heavy atom. The van der Waals surface area contributed by atoms with Crippen LogP contribution in [0.5, 0.6) is 0 Å². The minimum atomic E-state index is -0.586. The number of esters is 1. The molecule has 2 rings (SSSR count). The number of benzene rings is 1. The van der Waals surface area contributed by atoms with E-state index in [1.807, 2.05) is 4.90 Å². The van der Waals surface area contributed by atoms with Crippen molar-refractivity contribution in [3.05, 3.63) is 34.6 Å². The van der Waals surface area contributed by atoms with Crippen molar-refractivity contribution in [3.8, 4) is 0 Å². The molecule has 116 valence electrons. The molecule has 0 aliphatic carbocycles. The van der Waals surface area contributed by atoms with Gasteiger partial charge in [-0.15, -0.1) is 0 Å². The summed E-state index contributed by atoms with van der Waals surface area (Å²) in [5.74, 6) is -0.863. The van der Waals surface area contributed by atoms with Crippen molar-refractivity contribution in [1.82, 2.24) is 10.2 Å². The molecule has 1 saturated heterocycles. The topological polar surface area (TPSA) is 41.6 Å². The second-order valence-corrected chi connectivity index (χ2v) is 5.37. The van der Waals surface area contributed by atoms with E-state index in [0.29, 0.717) is 18.7 Å². The van der Waals surface area contributed by atoms with Crippen molar-refractivity contribution >= 4 is 17.6 Å². The molecule has 1 aromatic rings. The maximum absolute atomic E-state index is 13.7. The van der Waals surface area contributed by atoms with Crippen LogP contribution >= 0.6 is 11.6 Å². The maximum Gasteiger partial charge on any atom is 0.328 e. The second kappa shape index (κ2) is 7.73. The van der Waals surface area contributed by atoms with Gasteiger partial charge in [-0.3, -0.25) is 4.90 Å². The van der Waals surface area contributed by atoms with E-state index in [4.69, 9.17) is 16.3 Å². The molecule has 1 fully saturated rings.